The largest absolute Gasteiger partial charge is 0.315 e. The molecule has 7 heteroatoms. The van der Waals surface area contributed by atoms with Crippen LogP contribution in [0.2, 0.25) is 0 Å². The van der Waals surface area contributed by atoms with Gasteiger partial charge in [0.2, 0.25) is 0 Å². The maximum absolute atomic E-state index is 12.5. The fraction of sp³-hybridized carbons (Fsp3) is 0.556. The van der Waals surface area contributed by atoms with Crippen LogP contribution >= 0.6 is 11.8 Å². The zero-order chi connectivity index (χ0) is 18.6. The Labute approximate surface area is 153 Å². The van der Waals surface area contributed by atoms with Crippen LogP contribution in [0.3, 0.4) is 0 Å². The van der Waals surface area contributed by atoms with Gasteiger partial charge in [0.25, 0.3) is 5.91 Å². The number of benzene rings is 1. The van der Waals surface area contributed by atoms with E-state index in [1.165, 1.54) is 11.8 Å². The summed E-state index contributed by atoms with van der Waals surface area (Å²) in [5.74, 6) is 0.0716. The van der Waals surface area contributed by atoms with Crippen LogP contribution in [0.4, 0.5) is 5.69 Å². The molecule has 25 heavy (non-hydrogen) atoms. The van der Waals surface area contributed by atoms with Crippen LogP contribution in [0.25, 0.3) is 0 Å². The summed E-state index contributed by atoms with van der Waals surface area (Å²) in [6.07, 6.45) is 0. The number of hydrogen-bond donors (Lipinski definition) is 0. The summed E-state index contributed by atoms with van der Waals surface area (Å²) < 4.78 is 24.3. The van der Waals surface area contributed by atoms with Gasteiger partial charge >= 0.3 is 0 Å². The molecular formula is C18H24N2O3S2. The highest BCUT2D eigenvalue weighted by molar-refractivity contribution is 8.16. The number of para-hydroxylation sites is 1. The Hall–Kier alpha value is -1.34. The number of fused-ring (bicyclic) bond motifs is 1. The van der Waals surface area contributed by atoms with E-state index in [0.717, 1.165) is 16.8 Å². The fourth-order valence-electron chi connectivity index (χ4n) is 3.27. The first-order chi connectivity index (χ1) is 11.5. The molecule has 2 saturated heterocycles. The highest BCUT2D eigenvalue weighted by atomic mass is 32.2. The van der Waals surface area contributed by atoms with Gasteiger partial charge in [-0.1, -0.05) is 50.7 Å². The molecule has 136 valence electrons. The maximum atomic E-state index is 12.5. The molecule has 0 aliphatic carbocycles. The zero-order valence-corrected chi connectivity index (χ0v) is 16.9. The summed E-state index contributed by atoms with van der Waals surface area (Å²) in [6.45, 7) is 9.54. The van der Waals surface area contributed by atoms with Crippen LogP contribution < -0.4 is 4.90 Å². The number of anilines is 1. The molecule has 0 bridgehead atoms. The number of hydrogen-bond acceptors (Lipinski definition) is 4. The number of amidine groups is 1. The van der Waals surface area contributed by atoms with E-state index in [-0.39, 0.29) is 28.7 Å². The summed E-state index contributed by atoms with van der Waals surface area (Å²) in [5, 5.41) is 0.553. The number of aliphatic imine (C=N–C) groups is 1. The van der Waals surface area contributed by atoms with Crippen molar-refractivity contribution in [3.63, 3.8) is 0 Å². The van der Waals surface area contributed by atoms with E-state index in [2.05, 4.69) is 4.99 Å². The lowest BCUT2D eigenvalue weighted by Crippen LogP contribution is -2.39. The van der Waals surface area contributed by atoms with Crippen molar-refractivity contribution in [2.75, 3.05) is 16.4 Å². The van der Waals surface area contributed by atoms with Crippen LogP contribution in [0.1, 0.15) is 31.9 Å². The van der Waals surface area contributed by atoms with Crippen molar-refractivity contribution >= 4 is 38.4 Å². The smallest absolute Gasteiger partial charge is 0.253 e. The van der Waals surface area contributed by atoms with Crippen molar-refractivity contribution in [1.82, 2.24) is 0 Å². The highest BCUT2D eigenvalue weighted by Gasteiger charge is 2.50. The van der Waals surface area contributed by atoms with Gasteiger partial charge in [0, 0.05) is 16.4 Å². The Morgan fingerprint density at radius 2 is 1.80 bits per heavy atom. The Bertz CT molecular complexity index is 833. The van der Waals surface area contributed by atoms with E-state index in [1.807, 2.05) is 57.7 Å². The summed E-state index contributed by atoms with van der Waals surface area (Å²) in [7, 11) is -3.05. The molecule has 0 N–H and O–H groups in total. The quantitative estimate of drug-likeness (QED) is 0.749. The lowest BCUT2D eigenvalue weighted by Gasteiger charge is -2.28. The summed E-state index contributed by atoms with van der Waals surface area (Å²) in [4.78, 5) is 18.9. The molecule has 2 heterocycles. The Kier molecular flexibility index (Phi) is 4.52. The van der Waals surface area contributed by atoms with Crippen molar-refractivity contribution in [3.8, 4) is 0 Å². The number of thioether (sulfide) groups is 1. The molecule has 1 aromatic carbocycles. The number of rotatable bonds is 1. The van der Waals surface area contributed by atoms with Crippen molar-refractivity contribution in [3.05, 3.63) is 29.3 Å². The van der Waals surface area contributed by atoms with E-state index >= 15 is 0 Å². The predicted molar refractivity (Wildman–Crippen MR) is 104 cm³/mol. The van der Waals surface area contributed by atoms with Crippen LogP contribution in [0.5, 0.6) is 0 Å². The molecule has 0 unspecified atom stereocenters. The van der Waals surface area contributed by atoms with E-state index in [1.54, 1.807) is 0 Å². The van der Waals surface area contributed by atoms with Gasteiger partial charge in [-0.25, -0.2) is 8.42 Å². The first-order valence-electron chi connectivity index (χ1n) is 8.35. The van der Waals surface area contributed by atoms with Crippen LogP contribution in [0.15, 0.2) is 23.2 Å². The first kappa shape index (κ1) is 18.5. The molecule has 3 rings (SSSR count). The number of sulfone groups is 1. The van der Waals surface area contributed by atoms with Crippen LogP contribution in [0, 0.1) is 19.3 Å². The van der Waals surface area contributed by atoms with Gasteiger partial charge in [-0.2, -0.15) is 4.99 Å². The summed E-state index contributed by atoms with van der Waals surface area (Å²) in [5.41, 5.74) is 2.52. The molecule has 1 amide bonds. The van der Waals surface area contributed by atoms with Gasteiger partial charge in [-0.3, -0.25) is 4.79 Å². The Morgan fingerprint density at radius 3 is 2.36 bits per heavy atom. The van der Waals surface area contributed by atoms with Crippen molar-refractivity contribution in [2.24, 2.45) is 10.4 Å². The minimum Gasteiger partial charge on any atom is -0.315 e. The number of carbonyl (C=O) groups excluding carboxylic acids is 1. The SMILES string of the molecule is Cc1cccc(C)c1N1C(=NC(=O)C(C)(C)C)S[C@@H]2CS(=O)(=O)C[C@@H]21. The van der Waals surface area contributed by atoms with Gasteiger partial charge in [-0.05, 0) is 25.0 Å². The standard InChI is InChI=1S/C18H24N2O3S2/c1-11-7-6-8-12(2)15(11)20-13-9-25(22,23)10-14(13)24-17(20)19-16(21)18(3,4)5/h6-8,13-14H,9-10H2,1-5H3/t13-,14+/m0/s1. The third kappa shape index (κ3) is 3.49. The lowest BCUT2D eigenvalue weighted by atomic mass is 9.96. The van der Waals surface area contributed by atoms with Crippen LogP contribution in [-0.2, 0) is 14.6 Å². The molecule has 2 atom stereocenters. The molecule has 0 spiro atoms. The molecule has 0 radical (unpaired) electrons. The number of nitrogens with zero attached hydrogens (tertiary/aromatic N) is 2. The predicted octanol–water partition coefficient (Wildman–Crippen LogP) is 2.95. The lowest BCUT2D eigenvalue weighted by molar-refractivity contribution is -0.124. The fourth-order valence-corrected chi connectivity index (χ4v) is 7.16. The maximum Gasteiger partial charge on any atom is 0.253 e. The third-order valence-corrected chi connectivity index (χ3v) is 7.80. The summed E-state index contributed by atoms with van der Waals surface area (Å²) >= 11 is 1.42. The second-order valence-corrected chi connectivity index (χ2v) is 11.2. The molecule has 5 nitrogen and oxygen atoms in total. The van der Waals surface area contributed by atoms with Gasteiger partial charge in [0.1, 0.15) is 0 Å². The van der Waals surface area contributed by atoms with E-state index in [0.29, 0.717) is 5.17 Å². The van der Waals surface area contributed by atoms with Gasteiger partial charge < -0.3 is 4.90 Å². The van der Waals surface area contributed by atoms with E-state index < -0.39 is 15.3 Å². The summed E-state index contributed by atoms with van der Waals surface area (Å²) in [6, 6.07) is 5.83. The molecule has 0 aromatic heterocycles. The molecular weight excluding hydrogens is 356 g/mol. The minimum atomic E-state index is -3.05. The van der Waals surface area contributed by atoms with Crippen molar-refractivity contribution < 1.29 is 13.2 Å². The number of carbonyl (C=O) groups is 1. The Morgan fingerprint density at radius 1 is 1.20 bits per heavy atom. The Balaban J connectivity index is 2.11. The van der Waals surface area contributed by atoms with E-state index in [4.69, 9.17) is 0 Å². The van der Waals surface area contributed by atoms with Crippen molar-refractivity contribution in [1.29, 1.82) is 0 Å². The minimum absolute atomic E-state index is 0.0736. The molecule has 2 fully saturated rings. The normalized spacial score (nSPS) is 26.9. The third-order valence-electron chi connectivity index (χ3n) is 4.59. The topological polar surface area (TPSA) is 66.8 Å². The highest BCUT2D eigenvalue weighted by Crippen LogP contribution is 2.43. The molecule has 2 aliphatic heterocycles. The number of amides is 1. The molecule has 2 aliphatic rings. The second-order valence-electron chi connectivity index (χ2n) is 7.86. The van der Waals surface area contributed by atoms with Gasteiger partial charge in [0.15, 0.2) is 15.0 Å². The number of aryl methyl sites for hydroxylation is 2. The van der Waals surface area contributed by atoms with Gasteiger partial charge in [-0.15, -0.1) is 0 Å². The zero-order valence-electron chi connectivity index (χ0n) is 15.2. The average Bonchev–Trinajstić information content (AvgIpc) is 2.90. The molecule has 1 aromatic rings. The van der Waals surface area contributed by atoms with E-state index in [9.17, 15) is 13.2 Å². The monoisotopic (exact) mass is 380 g/mol. The average molecular weight is 381 g/mol. The van der Waals surface area contributed by atoms with Crippen LogP contribution in [-0.4, -0.2) is 42.3 Å². The van der Waals surface area contributed by atoms with Gasteiger partial charge in [0.05, 0.1) is 17.5 Å². The second kappa shape index (κ2) is 6.13. The first-order valence-corrected chi connectivity index (χ1v) is 11.1. The molecule has 0 saturated carbocycles. The van der Waals surface area contributed by atoms with Crippen molar-refractivity contribution in [2.45, 2.75) is 45.9 Å².